The number of ether oxygens (including phenoxy) is 1. The van der Waals surface area contributed by atoms with Crippen LogP contribution < -0.4 is 10.6 Å². The van der Waals surface area contributed by atoms with Gasteiger partial charge in [0.15, 0.2) is 21.3 Å². The lowest BCUT2D eigenvalue weighted by atomic mass is 10.1. The molecule has 2 aromatic heterocycles. The fourth-order valence-electron chi connectivity index (χ4n) is 3.98. The van der Waals surface area contributed by atoms with Crippen LogP contribution in [0.15, 0.2) is 29.2 Å². The predicted molar refractivity (Wildman–Crippen MR) is 121 cm³/mol. The van der Waals surface area contributed by atoms with Gasteiger partial charge in [-0.2, -0.15) is 0 Å². The summed E-state index contributed by atoms with van der Waals surface area (Å²) in [7, 11) is -3.65. The van der Waals surface area contributed by atoms with E-state index in [2.05, 4.69) is 25.6 Å². The molecule has 1 aromatic carbocycles. The van der Waals surface area contributed by atoms with Crippen LogP contribution in [-0.2, 0) is 19.4 Å². The smallest absolute Gasteiger partial charge is 0.295 e. The second kappa shape index (κ2) is 8.58. The van der Waals surface area contributed by atoms with E-state index in [1.807, 2.05) is 0 Å². The molecule has 1 atom stereocenters. The zero-order valence-electron chi connectivity index (χ0n) is 18.3. The molecule has 1 aliphatic carbocycles. The number of aromatic nitrogens is 3. The molecule has 1 saturated heterocycles. The van der Waals surface area contributed by atoms with Gasteiger partial charge in [-0.15, -0.1) is 0 Å². The molecular weight excluding hydrogens is 468 g/mol. The highest BCUT2D eigenvalue weighted by Gasteiger charge is 2.30. The molecule has 2 aliphatic rings. The van der Waals surface area contributed by atoms with Crippen molar-refractivity contribution in [2.75, 3.05) is 23.5 Å². The number of sulfone groups is 1. The van der Waals surface area contributed by atoms with Crippen LogP contribution in [0, 0.1) is 5.92 Å². The number of hydrogen-bond acceptors (Lipinski definition) is 7. The maximum Gasteiger partial charge on any atom is 0.295 e. The zero-order chi connectivity index (χ0) is 24.0. The van der Waals surface area contributed by atoms with Gasteiger partial charge in [-0.05, 0) is 43.4 Å². The van der Waals surface area contributed by atoms with E-state index in [-0.39, 0.29) is 51.2 Å². The highest BCUT2D eigenvalue weighted by atomic mass is 32.2. The fraction of sp³-hybridized carbons (Fsp3) is 0.409. The molecule has 3 N–H and O–H groups in total. The van der Waals surface area contributed by atoms with Gasteiger partial charge in [0.25, 0.3) is 6.43 Å². The minimum absolute atomic E-state index is 0.0247. The van der Waals surface area contributed by atoms with E-state index in [0.29, 0.717) is 6.61 Å². The first-order chi connectivity index (χ1) is 16.2. The summed E-state index contributed by atoms with van der Waals surface area (Å²) < 4.78 is 57.5. The number of pyridine rings is 1. The number of rotatable bonds is 7. The van der Waals surface area contributed by atoms with Gasteiger partial charge in [0.05, 0.1) is 22.4 Å². The number of carbonyl (C=O) groups excluding carboxylic acids is 1. The molecule has 5 rings (SSSR count). The number of alkyl halides is 2. The number of benzene rings is 1. The van der Waals surface area contributed by atoms with E-state index in [4.69, 9.17) is 4.74 Å². The summed E-state index contributed by atoms with van der Waals surface area (Å²) in [5.41, 5.74) is 1.41. The molecule has 12 heteroatoms. The van der Waals surface area contributed by atoms with Gasteiger partial charge in [-0.3, -0.25) is 4.79 Å². The average molecular weight is 492 g/mol. The van der Waals surface area contributed by atoms with Gasteiger partial charge >= 0.3 is 0 Å². The van der Waals surface area contributed by atoms with Crippen molar-refractivity contribution in [1.29, 1.82) is 0 Å². The Kier molecular flexibility index (Phi) is 5.72. The van der Waals surface area contributed by atoms with E-state index in [0.717, 1.165) is 37.5 Å². The van der Waals surface area contributed by atoms with Crippen LogP contribution in [0.4, 0.5) is 26.0 Å². The number of halogens is 2. The lowest BCUT2D eigenvalue weighted by molar-refractivity contribution is -0.117. The Balaban J connectivity index is 1.57. The highest BCUT2D eigenvalue weighted by molar-refractivity contribution is 7.90. The Morgan fingerprint density at radius 1 is 1.18 bits per heavy atom. The molecule has 3 heterocycles. The average Bonchev–Trinajstić information content (AvgIpc) is 3.30. The monoisotopic (exact) mass is 491 g/mol. The number of imidazole rings is 1. The Morgan fingerprint density at radius 2 is 1.97 bits per heavy atom. The van der Waals surface area contributed by atoms with Gasteiger partial charge in [0.2, 0.25) is 5.91 Å². The Bertz CT molecular complexity index is 1370. The van der Waals surface area contributed by atoms with E-state index >= 15 is 0 Å². The van der Waals surface area contributed by atoms with Gasteiger partial charge in [-0.1, -0.05) is 6.07 Å². The quantitative estimate of drug-likeness (QED) is 0.451. The Morgan fingerprint density at radius 3 is 2.62 bits per heavy atom. The van der Waals surface area contributed by atoms with Crippen LogP contribution in [0.2, 0.25) is 0 Å². The predicted octanol–water partition coefficient (Wildman–Crippen LogP) is 4.24. The molecule has 1 aliphatic heterocycles. The number of hydrogen-bond donors (Lipinski definition) is 3. The van der Waals surface area contributed by atoms with Crippen molar-refractivity contribution in [3.8, 4) is 0 Å². The molecule has 0 bridgehead atoms. The summed E-state index contributed by atoms with van der Waals surface area (Å²) in [5.74, 6) is -0.739. The number of nitrogens with one attached hydrogen (secondary N) is 3. The molecule has 180 valence electrons. The number of nitrogens with zero attached hydrogens (tertiary/aromatic N) is 2. The normalized spacial score (nSPS) is 18.5. The van der Waals surface area contributed by atoms with E-state index in [1.165, 1.54) is 6.07 Å². The second-order valence-corrected chi connectivity index (χ2v) is 10.6. The van der Waals surface area contributed by atoms with Gasteiger partial charge < -0.3 is 20.4 Å². The first kappa shape index (κ1) is 22.7. The molecule has 0 radical (unpaired) electrons. The first-order valence-corrected chi connectivity index (χ1v) is 12.8. The van der Waals surface area contributed by atoms with Crippen molar-refractivity contribution in [3.63, 3.8) is 0 Å². The second-order valence-electron chi connectivity index (χ2n) is 8.59. The molecule has 34 heavy (non-hydrogen) atoms. The van der Waals surface area contributed by atoms with Crippen molar-refractivity contribution >= 4 is 44.1 Å². The molecule has 1 saturated carbocycles. The third-order valence-corrected chi connectivity index (χ3v) is 7.00. The van der Waals surface area contributed by atoms with E-state index in [9.17, 15) is 22.0 Å². The van der Waals surface area contributed by atoms with Crippen molar-refractivity contribution < 1.29 is 26.7 Å². The molecular formula is C22H23F2N5O4S. The molecule has 3 aromatic rings. The lowest BCUT2D eigenvalue weighted by Gasteiger charge is -2.16. The maximum absolute atomic E-state index is 13.3. The topological polar surface area (TPSA) is 126 Å². The highest BCUT2D eigenvalue weighted by Crippen LogP contribution is 2.36. The summed E-state index contributed by atoms with van der Waals surface area (Å²) in [6.45, 7) is 0.621. The number of carbonyl (C=O) groups is 1. The largest absolute Gasteiger partial charge is 0.374 e. The zero-order valence-corrected chi connectivity index (χ0v) is 19.1. The van der Waals surface area contributed by atoms with Crippen molar-refractivity contribution in [1.82, 2.24) is 15.0 Å². The fourth-order valence-corrected chi connectivity index (χ4v) is 4.85. The lowest BCUT2D eigenvalue weighted by Crippen LogP contribution is -2.14. The minimum Gasteiger partial charge on any atom is -0.374 e. The summed E-state index contributed by atoms with van der Waals surface area (Å²) in [6.07, 6.45) is 1.33. The number of H-pyrrole nitrogens is 1. The Hall–Kier alpha value is -3.12. The standard InChI is InChI=1S/C22H23F2N5O4S/c1-34(31,32)16-9-12(15-3-2-8-33-15)6-7-13(16)25-14-10-17(27-22(30)11-4-5-11)26-20-18(14)28-21(29-20)19(23)24/h6-7,9-11,15,19H,2-5,8H2,1H3,(H3,25,26,27,28,29,30)/t15-/m0/s1. The molecule has 1 amide bonds. The van der Waals surface area contributed by atoms with Crippen LogP contribution in [0.3, 0.4) is 0 Å². The number of anilines is 3. The summed E-state index contributed by atoms with van der Waals surface area (Å²) >= 11 is 0. The number of amides is 1. The minimum atomic E-state index is -3.65. The van der Waals surface area contributed by atoms with E-state index < -0.39 is 22.1 Å². The molecule has 9 nitrogen and oxygen atoms in total. The maximum atomic E-state index is 13.3. The van der Waals surface area contributed by atoms with Crippen molar-refractivity contribution in [2.45, 2.75) is 43.1 Å². The number of aromatic amines is 1. The Labute approximate surface area is 194 Å². The van der Waals surface area contributed by atoms with Crippen molar-refractivity contribution in [2.24, 2.45) is 5.92 Å². The van der Waals surface area contributed by atoms with Gasteiger partial charge in [0, 0.05) is 24.8 Å². The molecule has 0 unspecified atom stereocenters. The van der Waals surface area contributed by atoms with Crippen LogP contribution in [0.1, 0.15) is 49.6 Å². The van der Waals surface area contributed by atoms with E-state index in [1.54, 1.807) is 18.2 Å². The SMILES string of the molecule is CS(=O)(=O)c1cc([C@@H]2CCCO2)ccc1Nc1cc(NC(=O)C2CC2)nc2nc(C(F)F)[nH]c12. The summed E-state index contributed by atoms with van der Waals surface area (Å²) in [4.78, 5) is 22.8. The van der Waals surface area contributed by atoms with Crippen LogP contribution >= 0.6 is 0 Å². The number of fused-ring (bicyclic) bond motifs is 1. The van der Waals surface area contributed by atoms with Crippen LogP contribution in [0.5, 0.6) is 0 Å². The third-order valence-electron chi connectivity index (χ3n) is 5.86. The molecule has 2 fully saturated rings. The van der Waals surface area contributed by atoms with Crippen molar-refractivity contribution in [3.05, 3.63) is 35.7 Å². The van der Waals surface area contributed by atoms with Gasteiger partial charge in [-0.25, -0.2) is 27.2 Å². The van der Waals surface area contributed by atoms with Gasteiger partial charge in [0.1, 0.15) is 11.3 Å². The molecule has 0 spiro atoms. The van der Waals surface area contributed by atoms with Crippen LogP contribution in [-0.4, -0.2) is 42.1 Å². The van der Waals surface area contributed by atoms with Crippen LogP contribution in [0.25, 0.3) is 11.2 Å². The first-order valence-electron chi connectivity index (χ1n) is 10.9. The third kappa shape index (κ3) is 4.60. The summed E-state index contributed by atoms with van der Waals surface area (Å²) in [5, 5.41) is 5.71. The summed E-state index contributed by atoms with van der Waals surface area (Å²) in [6, 6.07) is 6.43.